The number of amides is 1. The van der Waals surface area contributed by atoms with E-state index in [0.717, 1.165) is 11.5 Å². The first-order valence-electron chi connectivity index (χ1n) is 5.45. The van der Waals surface area contributed by atoms with E-state index < -0.39 is 11.4 Å². The number of aromatic nitrogens is 1. The minimum atomic E-state index is -1.01. The lowest BCUT2D eigenvalue weighted by atomic mass is 9.92. The summed E-state index contributed by atoms with van der Waals surface area (Å²) in [4.78, 5) is 22.7. The van der Waals surface area contributed by atoms with E-state index >= 15 is 0 Å². The zero-order valence-corrected chi connectivity index (χ0v) is 11.6. The third-order valence-electron chi connectivity index (χ3n) is 2.61. The summed E-state index contributed by atoms with van der Waals surface area (Å²) in [6.07, 6.45) is 0. The van der Waals surface area contributed by atoms with Crippen molar-refractivity contribution >= 4 is 28.4 Å². The maximum atomic E-state index is 11.6. The maximum Gasteiger partial charge on any atom is 0.340 e. The van der Waals surface area contributed by atoms with Crippen molar-refractivity contribution in [2.45, 2.75) is 20.8 Å². The van der Waals surface area contributed by atoms with Crippen molar-refractivity contribution in [3.8, 4) is 0 Å². The van der Waals surface area contributed by atoms with Gasteiger partial charge in [-0.1, -0.05) is 0 Å². The molecule has 1 rings (SSSR count). The number of carboxylic acids is 1. The lowest BCUT2D eigenvalue weighted by molar-refractivity contribution is -0.128. The third kappa shape index (κ3) is 2.98. The Hall–Kier alpha value is -1.63. The topological polar surface area (TPSA) is 91.3 Å². The van der Waals surface area contributed by atoms with Crippen LogP contribution in [0.4, 0.5) is 5.00 Å². The monoisotopic (exact) mass is 271 g/mol. The average molecular weight is 271 g/mol. The van der Waals surface area contributed by atoms with Gasteiger partial charge in [-0.15, -0.1) is 0 Å². The van der Waals surface area contributed by atoms with Crippen LogP contribution < -0.4 is 10.6 Å². The Morgan fingerprint density at radius 3 is 2.56 bits per heavy atom. The fraction of sp³-hybridized carbons (Fsp3) is 0.545. The van der Waals surface area contributed by atoms with Crippen LogP contribution in [0.2, 0.25) is 0 Å². The Bertz CT molecular complexity index is 468. The molecule has 0 fully saturated rings. The number of aryl methyl sites for hydroxylation is 1. The van der Waals surface area contributed by atoms with Gasteiger partial charge in [-0.05, 0) is 32.3 Å². The predicted molar refractivity (Wildman–Crippen MR) is 70.1 cm³/mol. The molecule has 0 unspecified atom stereocenters. The second-order valence-corrected chi connectivity index (χ2v) is 5.37. The van der Waals surface area contributed by atoms with Crippen LogP contribution in [-0.4, -0.2) is 34.9 Å². The molecule has 0 saturated heterocycles. The van der Waals surface area contributed by atoms with E-state index in [0.29, 0.717) is 17.2 Å². The number of nitrogens with zero attached hydrogens (tertiary/aromatic N) is 1. The van der Waals surface area contributed by atoms with E-state index in [1.165, 1.54) is 0 Å². The van der Waals surface area contributed by atoms with Crippen LogP contribution in [0.5, 0.6) is 0 Å². The Labute approximate surface area is 110 Å². The number of anilines is 1. The van der Waals surface area contributed by atoms with E-state index in [4.69, 9.17) is 5.11 Å². The number of carboxylic acid groups (broad SMARTS) is 1. The van der Waals surface area contributed by atoms with Gasteiger partial charge < -0.3 is 15.7 Å². The molecule has 100 valence electrons. The highest BCUT2D eigenvalue weighted by molar-refractivity contribution is 7.10. The zero-order chi connectivity index (χ0) is 13.9. The van der Waals surface area contributed by atoms with Crippen molar-refractivity contribution in [2.24, 2.45) is 5.41 Å². The summed E-state index contributed by atoms with van der Waals surface area (Å²) >= 11 is 1.09. The van der Waals surface area contributed by atoms with Crippen molar-refractivity contribution in [1.29, 1.82) is 0 Å². The molecule has 1 aromatic heterocycles. The highest BCUT2D eigenvalue weighted by Gasteiger charge is 2.27. The SMILES string of the molecule is CNC(=O)C(C)(C)CNc1snc(C)c1C(=O)O. The fourth-order valence-corrected chi connectivity index (χ4v) is 2.24. The van der Waals surface area contributed by atoms with Gasteiger partial charge in [-0.3, -0.25) is 4.79 Å². The molecule has 0 spiro atoms. The van der Waals surface area contributed by atoms with Gasteiger partial charge >= 0.3 is 5.97 Å². The second-order valence-electron chi connectivity index (χ2n) is 4.59. The molecule has 1 aromatic rings. The van der Waals surface area contributed by atoms with Gasteiger partial charge in [0.2, 0.25) is 5.91 Å². The first-order chi connectivity index (χ1) is 8.29. The smallest absolute Gasteiger partial charge is 0.340 e. The van der Waals surface area contributed by atoms with Gasteiger partial charge in [0.25, 0.3) is 0 Å². The van der Waals surface area contributed by atoms with Crippen molar-refractivity contribution in [3.63, 3.8) is 0 Å². The molecular weight excluding hydrogens is 254 g/mol. The number of hydrogen-bond acceptors (Lipinski definition) is 5. The van der Waals surface area contributed by atoms with Crippen LogP contribution in [0.15, 0.2) is 0 Å². The summed E-state index contributed by atoms with van der Waals surface area (Å²) in [7, 11) is 1.57. The first kappa shape index (κ1) is 14.4. The van der Waals surface area contributed by atoms with Crippen molar-refractivity contribution in [1.82, 2.24) is 9.69 Å². The number of rotatable bonds is 5. The van der Waals surface area contributed by atoms with Crippen LogP contribution in [0, 0.1) is 12.3 Å². The van der Waals surface area contributed by atoms with Gasteiger partial charge in [0.1, 0.15) is 10.6 Å². The standard InChI is InChI=1S/C11H17N3O3S/c1-6-7(9(15)16)8(18-14-6)13-5-11(2,3)10(17)12-4/h13H,5H2,1-4H3,(H,12,17)(H,15,16). The Kier molecular flexibility index (Phi) is 4.28. The molecule has 0 aromatic carbocycles. The molecule has 0 bridgehead atoms. The maximum absolute atomic E-state index is 11.6. The normalized spacial score (nSPS) is 11.1. The summed E-state index contributed by atoms with van der Waals surface area (Å²) in [6, 6.07) is 0. The first-order valence-corrected chi connectivity index (χ1v) is 6.22. The lowest BCUT2D eigenvalue weighted by Gasteiger charge is -2.22. The number of aromatic carboxylic acids is 1. The molecular formula is C11H17N3O3S. The molecule has 1 heterocycles. The Morgan fingerprint density at radius 2 is 2.06 bits per heavy atom. The molecule has 0 aliphatic carbocycles. The van der Waals surface area contributed by atoms with Gasteiger partial charge in [0.05, 0.1) is 11.1 Å². The van der Waals surface area contributed by atoms with Crippen LogP contribution in [0.3, 0.4) is 0 Å². The molecule has 6 nitrogen and oxygen atoms in total. The van der Waals surface area contributed by atoms with E-state index in [9.17, 15) is 9.59 Å². The van der Waals surface area contributed by atoms with Crippen LogP contribution in [-0.2, 0) is 4.79 Å². The molecule has 3 N–H and O–H groups in total. The van der Waals surface area contributed by atoms with Crippen molar-refractivity contribution in [3.05, 3.63) is 11.3 Å². The minimum Gasteiger partial charge on any atom is -0.478 e. The summed E-state index contributed by atoms with van der Waals surface area (Å²) in [6.45, 7) is 5.56. The molecule has 0 aliphatic heterocycles. The number of nitrogens with one attached hydrogen (secondary N) is 2. The van der Waals surface area contributed by atoms with Gasteiger partial charge in [-0.25, -0.2) is 4.79 Å². The molecule has 0 atom stereocenters. The molecule has 0 saturated carbocycles. The molecule has 0 radical (unpaired) electrons. The average Bonchev–Trinajstić information content (AvgIpc) is 2.66. The van der Waals surface area contributed by atoms with Gasteiger partial charge in [0, 0.05) is 13.6 Å². The van der Waals surface area contributed by atoms with Gasteiger partial charge in [-0.2, -0.15) is 4.37 Å². The van der Waals surface area contributed by atoms with Crippen LogP contribution >= 0.6 is 11.5 Å². The molecule has 7 heteroatoms. The second kappa shape index (κ2) is 5.34. The summed E-state index contributed by atoms with van der Waals surface area (Å²) < 4.78 is 4.00. The van der Waals surface area contributed by atoms with Crippen molar-refractivity contribution in [2.75, 3.05) is 18.9 Å². The quantitative estimate of drug-likeness (QED) is 0.751. The van der Waals surface area contributed by atoms with Crippen LogP contribution in [0.1, 0.15) is 29.9 Å². The predicted octanol–water partition coefficient (Wildman–Crippen LogP) is 1.33. The molecule has 0 aliphatic rings. The largest absolute Gasteiger partial charge is 0.478 e. The zero-order valence-electron chi connectivity index (χ0n) is 10.8. The fourth-order valence-electron chi connectivity index (χ4n) is 1.46. The Balaban J connectivity index is 2.81. The summed E-state index contributed by atoms with van der Waals surface area (Å²) in [5.41, 5.74) is 0.0306. The summed E-state index contributed by atoms with van der Waals surface area (Å²) in [5.74, 6) is -1.12. The number of hydrogen-bond donors (Lipinski definition) is 3. The lowest BCUT2D eigenvalue weighted by Crippen LogP contribution is -2.39. The number of carbonyl (C=O) groups is 2. The Morgan fingerprint density at radius 1 is 1.44 bits per heavy atom. The molecule has 18 heavy (non-hydrogen) atoms. The number of carbonyl (C=O) groups excluding carboxylic acids is 1. The third-order valence-corrected chi connectivity index (χ3v) is 3.51. The van der Waals surface area contributed by atoms with Crippen molar-refractivity contribution < 1.29 is 14.7 Å². The van der Waals surface area contributed by atoms with E-state index in [1.54, 1.807) is 27.8 Å². The van der Waals surface area contributed by atoms with E-state index in [1.807, 2.05) is 0 Å². The molecule has 1 amide bonds. The van der Waals surface area contributed by atoms with E-state index in [-0.39, 0.29) is 11.5 Å². The van der Waals surface area contributed by atoms with Gasteiger partial charge in [0.15, 0.2) is 0 Å². The highest BCUT2D eigenvalue weighted by Crippen LogP contribution is 2.26. The van der Waals surface area contributed by atoms with Crippen LogP contribution in [0.25, 0.3) is 0 Å². The minimum absolute atomic E-state index is 0.104. The summed E-state index contributed by atoms with van der Waals surface area (Å²) in [5, 5.41) is 15.1. The highest BCUT2D eigenvalue weighted by atomic mass is 32.1. The van der Waals surface area contributed by atoms with E-state index in [2.05, 4.69) is 15.0 Å².